The molecule has 114 valence electrons. The number of urea groups is 1. The number of benzene rings is 1. The van der Waals surface area contributed by atoms with Gasteiger partial charge in [0.05, 0.1) is 25.3 Å². The first kappa shape index (κ1) is 15.0. The van der Waals surface area contributed by atoms with Gasteiger partial charge in [-0.1, -0.05) is 12.1 Å². The molecule has 0 saturated carbocycles. The van der Waals surface area contributed by atoms with E-state index < -0.39 is 0 Å². The average Bonchev–Trinajstić information content (AvgIpc) is 2.87. The van der Waals surface area contributed by atoms with Crippen molar-refractivity contribution < 1.29 is 19.1 Å². The summed E-state index contributed by atoms with van der Waals surface area (Å²) >= 11 is 0. The molecule has 0 atom stereocenters. The smallest absolute Gasteiger partial charge is 0.317 e. The predicted molar refractivity (Wildman–Crippen MR) is 76.9 cm³/mol. The number of anilines is 1. The highest BCUT2D eigenvalue weighted by Gasteiger charge is 2.19. The Morgan fingerprint density at radius 1 is 1.33 bits per heavy atom. The SMILES string of the molecule is Nc1ccccc1OCCC(=O)OCCN1CCNC1=O. The third kappa shape index (κ3) is 4.55. The van der Waals surface area contributed by atoms with E-state index in [1.165, 1.54) is 0 Å². The van der Waals surface area contributed by atoms with E-state index in [9.17, 15) is 9.59 Å². The normalized spacial score (nSPS) is 13.9. The molecule has 3 N–H and O–H groups in total. The topological polar surface area (TPSA) is 93.9 Å². The second-order valence-corrected chi connectivity index (χ2v) is 4.58. The zero-order valence-electron chi connectivity index (χ0n) is 11.7. The summed E-state index contributed by atoms with van der Waals surface area (Å²) in [6.45, 7) is 2.09. The van der Waals surface area contributed by atoms with E-state index in [-0.39, 0.29) is 31.6 Å². The molecule has 7 nitrogen and oxygen atoms in total. The van der Waals surface area contributed by atoms with Crippen LogP contribution in [-0.2, 0) is 9.53 Å². The van der Waals surface area contributed by atoms with E-state index >= 15 is 0 Å². The number of carbonyl (C=O) groups excluding carboxylic acids is 2. The first-order chi connectivity index (χ1) is 10.2. The van der Waals surface area contributed by atoms with E-state index in [2.05, 4.69) is 5.32 Å². The molecule has 0 spiro atoms. The maximum Gasteiger partial charge on any atom is 0.317 e. The zero-order valence-corrected chi connectivity index (χ0v) is 11.7. The second kappa shape index (κ2) is 7.37. The van der Waals surface area contributed by atoms with Gasteiger partial charge in [-0.2, -0.15) is 0 Å². The molecule has 2 rings (SSSR count). The van der Waals surface area contributed by atoms with Gasteiger partial charge in [0.25, 0.3) is 0 Å². The van der Waals surface area contributed by atoms with Crippen LogP contribution in [0.1, 0.15) is 6.42 Å². The molecule has 0 aromatic heterocycles. The van der Waals surface area contributed by atoms with Crippen LogP contribution >= 0.6 is 0 Å². The van der Waals surface area contributed by atoms with Crippen LogP contribution in [0.5, 0.6) is 5.75 Å². The quantitative estimate of drug-likeness (QED) is 0.567. The Kier molecular flexibility index (Phi) is 5.25. The first-order valence-corrected chi connectivity index (χ1v) is 6.82. The van der Waals surface area contributed by atoms with E-state index in [0.29, 0.717) is 31.1 Å². The van der Waals surface area contributed by atoms with E-state index in [1.54, 1.807) is 17.0 Å². The van der Waals surface area contributed by atoms with Crippen LogP contribution < -0.4 is 15.8 Å². The monoisotopic (exact) mass is 293 g/mol. The summed E-state index contributed by atoms with van der Waals surface area (Å²) in [7, 11) is 0. The first-order valence-electron chi connectivity index (χ1n) is 6.82. The van der Waals surface area contributed by atoms with E-state index in [0.717, 1.165) is 0 Å². The number of para-hydroxylation sites is 2. The van der Waals surface area contributed by atoms with Crippen LogP contribution in [0.15, 0.2) is 24.3 Å². The third-order valence-corrected chi connectivity index (χ3v) is 3.05. The molecule has 1 aromatic carbocycles. The zero-order chi connectivity index (χ0) is 15.1. The highest BCUT2D eigenvalue weighted by Crippen LogP contribution is 2.19. The number of nitrogens with two attached hydrogens (primary N) is 1. The van der Waals surface area contributed by atoms with Crippen molar-refractivity contribution in [3.05, 3.63) is 24.3 Å². The van der Waals surface area contributed by atoms with Crippen molar-refractivity contribution in [2.75, 3.05) is 38.6 Å². The number of hydrogen-bond acceptors (Lipinski definition) is 5. The number of nitrogens with zero attached hydrogens (tertiary/aromatic N) is 1. The molecule has 0 unspecified atom stereocenters. The summed E-state index contributed by atoms with van der Waals surface area (Å²) in [6.07, 6.45) is 0.139. The van der Waals surface area contributed by atoms with Gasteiger partial charge < -0.3 is 25.4 Å². The standard InChI is InChI=1S/C14H19N3O4/c15-11-3-1-2-4-12(11)20-9-5-13(18)21-10-8-17-7-6-16-14(17)19/h1-4H,5-10,15H2,(H,16,19). The number of amides is 2. The van der Waals surface area contributed by atoms with Crippen LogP contribution in [0.3, 0.4) is 0 Å². The molecule has 1 fully saturated rings. The van der Waals surface area contributed by atoms with Gasteiger partial charge in [0.1, 0.15) is 12.4 Å². The molecular weight excluding hydrogens is 274 g/mol. The lowest BCUT2D eigenvalue weighted by Crippen LogP contribution is -2.31. The van der Waals surface area contributed by atoms with Gasteiger partial charge in [-0.25, -0.2) is 4.79 Å². The number of nitrogen functional groups attached to an aromatic ring is 1. The van der Waals surface area contributed by atoms with Crippen LogP contribution in [0.4, 0.5) is 10.5 Å². The van der Waals surface area contributed by atoms with Gasteiger partial charge in [0, 0.05) is 13.1 Å². The number of carbonyl (C=O) groups is 2. The number of rotatable bonds is 7. The summed E-state index contributed by atoms with van der Waals surface area (Å²) in [5, 5.41) is 2.68. The molecule has 2 amide bonds. The van der Waals surface area contributed by atoms with Gasteiger partial charge in [0.15, 0.2) is 0 Å². The van der Waals surface area contributed by atoms with Crippen molar-refractivity contribution >= 4 is 17.7 Å². The summed E-state index contributed by atoms with van der Waals surface area (Å²) in [4.78, 5) is 24.4. The number of nitrogens with one attached hydrogen (secondary N) is 1. The fourth-order valence-corrected chi connectivity index (χ4v) is 1.92. The minimum absolute atomic E-state index is 0.117. The molecule has 1 aromatic rings. The van der Waals surface area contributed by atoms with Crippen LogP contribution in [-0.4, -0.2) is 49.7 Å². The molecule has 0 radical (unpaired) electrons. The van der Waals surface area contributed by atoms with Crippen molar-refractivity contribution in [2.24, 2.45) is 0 Å². The Labute approximate surface area is 123 Å². The molecule has 0 aliphatic carbocycles. The summed E-state index contributed by atoms with van der Waals surface area (Å²) in [5.41, 5.74) is 6.25. The molecule has 0 bridgehead atoms. The van der Waals surface area contributed by atoms with Crippen LogP contribution in [0, 0.1) is 0 Å². The van der Waals surface area contributed by atoms with E-state index in [4.69, 9.17) is 15.2 Å². The van der Waals surface area contributed by atoms with Gasteiger partial charge in [-0.05, 0) is 12.1 Å². The molecule has 21 heavy (non-hydrogen) atoms. The molecule has 1 heterocycles. The summed E-state index contributed by atoms with van der Waals surface area (Å²) in [6, 6.07) is 6.98. The highest BCUT2D eigenvalue weighted by atomic mass is 16.5. The minimum Gasteiger partial charge on any atom is -0.491 e. The molecule has 7 heteroatoms. The van der Waals surface area contributed by atoms with Crippen LogP contribution in [0.2, 0.25) is 0 Å². The maximum absolute atomic E-state index is 11.5. The lowest BCUT2D eigenvalue weighted by molar-refractivity contribution is -0.144. The maximum atomic E-state index is 11.5. The minimum atomic E-state index is -0.357. The fourth-order valence-electron chi connectivity index (χ4n) is 1.92. The van der Waals surface area contributed by atoms with Gasteiger partial charge in [-0.15, -0.1) is 0 Å². The molecule has 1 saturated heterocycles. The van der Waals surface area contributed by atoms with Gasteiger partial charge >= 0.3 is 12.0 Å². The van der Waals surface area contributed by atoms with Crippen molar-refractivity contribution in [3.63, 3.8) is 0 Å². The highest BCUT2D eigenvalue weighted by molar-refractivity contribution is 5.76. The predicted octanol–water partition coefficient (Wildman–Crippen LogP) is 0.606. The Morgan fingerprint density at radius 3 is 2.86 bits per heavy atom. The molecule has 1 aliphatic rings. The summed E-state index contributed by atoms with van der Waals surface area (Å²) in [5.74, 6) is 0.197. The third-order valence-electron chi connectivity index (χ3n) is 3.05. The summed E-state index contributed by atoms with van der Waals surface area (Å²) < 4.78 is 10.5. The van der Waals surface area contributed by atoms with Crippen LogP contribution in [0.25, 0.3) is 0 Å². The van der Waals surface area contributed by atoms with Crippen molar-refractivity contribution in [3.8, 4) is 5.75 Å². The number of ether oxygens (including phenoxy) is 2. The fraction of sp³-hybridized carbons (Fsp3) is 0.429. The van der Waals surface area contributed by atoms with Crippen molar-refractivity contribution in [1.29, 1.82) is 0 Å². The van der Waals surface area contributed by atoms with E-state index in [1.807, 2.05) is 12.1 Å². The largest absolute Gasteiger partial charge is 0.491 e. The Hall–Kier alpha value is -2.44. The van der Waals surface area contributed by atoms with Crippen molar-refractivity contribution in [1.82, 2.24) is 10.2 Å². The lowest BCUT2D eigenvalue weighted by atomic mass is 10.3. The Bertz CT molecular complexity index is 507. The molecular formula is C14H19N3O4. The molecule has 1 aliphatic heterocycles. The Morgan fingerprint density at radius 2 is 2.14 bits per heavy atom. The Balaban J connectivity index is 1.59. The average molecular weight is 293 g/mol. The second-order valence-electron chi connectivity index (χ2n) is 4.58. The lowest BCUT2D eigenvalue weighted by Gasteiger charge is -2.14. The van der Waals surface area contributed by atoms with Crippen molar-refractivity contribution in [2.45, 2.75) is 6.42 Å². The van der Waals surface area contributed by atoms with Gasteiger partial charge in [0.2, 0.25) is 0 Å². The van der Waals surface area contributed by atoms with Gasteiger partial charge in [-0.3, -0.25) is 4.79 Å². The number of hydrogen-bond donors (Lipinski definition) is 2. The number of esters is 1.